The predicted octanol–water partition coefficient (Wildman–Crippen LogP) is 5.86. The van der Waals surface area contributed by atoms with E-state index in [0.29, 0.717) is 33.3 Å². The fourth-order valence-corrected chi connectivity index (χ4v) is 4.14. The second-order valence-electron chi connectivity index (χ2n) is 6.92. The van der Waals surface area contributed by atoms with Gasteiger partial charge in [-0.15, -0.1) is 0 Å². The van der Waals surface area contributed by atoms with E-state index in [1.54, 1.807) is 7.05 Å². The van der Waals surface area contributed by atoms with Gasteiger partial charge in [-0.05, 0) is 49.0 Å². The van der Waals surface area contributed by atoms with E-state index in [0.717, 1.165) is 16.8 Å². The summed E-state index contributed by atoms with van der Waals surface area (Å²) in [4.78, 5) is 23.8. The number of hydrogen-bond acceptors (Lipinski definition) is 5. The lowest BCUT2D eigenvalue weighted by Gasteiger charge is -2.10. The van der Waals surface area contributed by atoms with Crippen LogP contribution in [0.1, 0.15) is 16.8 Å². The third kappa shape index (κ3) is 4.98. The molecule has 3 aromatic rings. The first-order chi connectivity index (χ1) is 15.0. The van der Waals surface area contributed by atoms with Crippen molar-refractivity contribution in [1.82, 2.24) is 9.88 Å². The molecule has 0 N–H and O–H groups in total. The van der Waals surface area contributed by atoms with E-state index in [4.69, 9.17) is 16.3 Å². The van der Waals surface area contributed by atoms with E-state index in [2.05, 4.69) is 9.98 Å². The number of rotatable bonds is 5. The molecule has 156 valence electrons. The van der Waals surface area contributed by atoms with Gasteiger partial charge in [0.2, 0.25) is 0 Å². The summed E-state index contributed by atoms with van der Waals surface area (Å²) < 4.78 is 6.01. The number of carbonyl (C=O) groups is 1. The molecule has 0 radical (unpaired) electrons. The molecule has 2 aromatic carbocycles. The number of ether oxygens (including phenoxy) is 1. The molecular formula is C24H20ClN3O2S. The second-order valence-corrected chi connectivity index (χ2v) is 8.34. The van der Waals surface area contributed by atoms with Gasteiger partial charge in [-0.2, -0.15) is 0 Å². The summed E-state index contributed by atoms with van der Waals surface area (Å²) in [6.45, 7) is 2.25. The van der Waals surface area contributed by atoms with E-state index in [1.807, 2.05) is 79.7 Å². The molecule has 2 heterocycles. The largest absolute Gasteiger partial charge is 0.488 e. The highest BCUT2D eigenvalue weighted by Crippen LogP contribution is 2.34. The Balaban J connectivity index is 1.57. The maximum Gasteiger partial charge on any atom is 0.266 e. The van der Waals surface area contributed by atoms with Gasteiger partial charge < -0.3 is 4.74 Å². The van der Waals surface area contributed by atoms with Gasteiger partial charge in [0.1, 0.15) is 12.4 Å². The average Bonchev–Trinajstić information content (AvgIpc) is 3.02. The highest BCUT2D eigenvalue weighted by Gasteiger charge is 2.30. The number of hydrogen-bond donors (Lipinski definition) is 0. The third-order valence-corrected chi connectivity index (χ3v) is 6.06. The van der Waals surface area contributed by atoms with Crippen molar-refractivity contribution in [2.75, 3.05) is 7.05 Å². The Bertz CT molecular complexity index is 1190. The first-order valence-electron chi connectivity index (χ1n) is 9.66. The van der Waals surface area contributed by atoms with Crippen molar-refractivity contribution in [2.24, 2.45) is 4.99 Å². The van der Waals surface area contributed by atoms with Gasteiger partial charge in [-0.25, -0.2) is 9.98 Å². The van der Waals surface area contributed by atoms with Gasteiger partial charge in [-0.1, -0.05) is 54.1 Å². The van der Waals surface area contributed by atoms with Crippen LogP contribution >= 0.6 is 23.4 Å². The van der Waals surface area contributed by atoms with Crippen LogP contribution in [-0.2, 0) is 11.4 Å². The maximum atomic E-state index is 12.8. The predicted molar refractivity (Wildman–Crippen MR) is 127 cm³/mol. The average molecular weight is 450 g/mol. The number of likely N-dealkylation sites (N-methyl/N-ethyl adjacent to an activating group) is 1. The van der Waals surface area contributed by atoms with Crippen LogP contribution in [0.15, 0.2) is 76.6 Å². The normalized spacial score (nSPS) is 16.4. The van der Waals surface area contributed by atoms with E-state index < -0.39 is 0 Å². The molecule has 1 amide bonds. The molecule has 1 aliphatic rings. The number of carbonyl (C=O) groups excluding carboxylic acids is 1. The van der Waals surface area contributed by atoms with E-state index in [9.17, 15) is 4.79 Å². The summed E-state index contributed by atoms with van der Waals surface area (Å²) in [6, 6.07) is 20.8. The van der Waals surface area contributed by atoms with Crippen molar-refractivity contribution in [3.63, 3.8) is 0 Å². The number of halogens is 1. The van der Waals surface area contributed by atoms with Gasteiger partial charge >= 0.3 is 0 Å². The van der Waals surface area contributed by atoms with Crippen LogP contribution in [-0.4, -0.2) is 28.0 Å². The Morgan fingerprint density at radius 3 is 2.68 bits per heavy atom. The van der Waals surface area contributed by atoms with Crippen LogP contribution < -0.4 is 4.74 Å². The summed E-state index contributed by atoms with van der Waals surface area (Å²) >= 11 is 7.55. The molecule has 0 spiro atoms. The molecule has 4 rings (SSSR count). The highest BCUT2D eigenvalue weighted by atomic mass is 35.5. The van der Waals surface area contributed by atoms with Crippen LogP contribution in [0.5, 0.6) is 5.75 Å². The minimum absolute atomic E-state index is 0.114. The molecule has 1 fully saturated rings. The number of para-hydroxylation sites is 1. The molecular weight excluding hydrogens is 430 g/mol. The summed E-state index contributed by atoms with van der Waals surface area (Å²) in [5.74, 6) is 1.14. The Morgan fingerprint density at radius 2 is 1.87 bits per heavy atom. The van der Waals surface area contributed by atoms with Crippen LogP contribution in [0.4, 0.5) is 5.82 Å². The first kappa shape index (κ1) is 21.2. The van der Waals surface area contributed by atoms with Crippen molar-refractivity contribution < 1.29 is 9.53 Å². The zero-order valence-corrected chi connectivity index (χ0v) is 18.7. The van der Waals surface area contributed by atoms with E-state index in [1.165, 1.54) is 16.7 Å². The molecule has 1 saturated heterocycles. The smallest absolute Gasteiger partial charge is 0.266 e. The van der Waals surface area contributed by atoms with Crippen LogP contribution in [0.25, 0.3) is 6.08 Å². The number of aryl methyl sites for hydroxylation is 1. The summed E-state index contributed by atoms with van der Waals surface area (Å²) in [5.41, 5.74) is 2.59. The van der Waals surface area contributed by atoms with Gasteiger partial charge in [-0.3, -0.25) is 9.69 Å². The number of pyridine rings is 1. The summed E-state index contributed by atoms with van der Waals surface area (Å²) in [6.07, 6.45) is 1.83. The molecule has 0 bridgehead atoms. The van der Waals surface area contributed by atoms with Crippen molar-refractivity contribution in [3.05, 3.63) is 93.5 Å². The van der Waals surface area contributed by atoms with Crippen LogP contribution in [0.2, 0.25) is 5.02 Å². The fraction of sp³-hybridized carbons (Fsp3) is 0.125. The molecule has 0 unspecified atom stereocenters. The van der Waals surface area contributed by atoms with Crippen molar-refractivity contribution in [2.45, 2.75) is 13.5 Å². The quantitative estimate of drug-likeness (QED) is 0.458. The van der Waals surface area contributed by atoms with E-state index in [-0.39, 0.29) is 5.91 Å². The number of benzene rings is 2. The molecule has 1 aliphatic heterocycles. The lowest BCUT2D eigenvalue weighted by Crippen LogP contribution is -2.23. The first-order valence-corrected chi connectivity index (χ1v) is 10.9. The SMILES string of the molecule is Cc1cccc(/N=C2/S/C(=C\c3ccccc3OCc3ccccc3Cl)C(=O)N2C)n1. The zero-order chi connectivity index (χ0) is 21.8. The summed E-state index contributed by atoms with van der Waals surface area (Å²) in [5, 5.41) is 1.25. The minimum Gasteiger partial charge on any atom is -0.488 e. The Kier molecular flexibility index (Phi) is 6.39. The molecule has 31 heavy (non-hydrogen) atoms. The highest BCUT2D eigenvalue weighted by molar-refractivity contribution is 8.18. The molecule has 0 atom stereocenters. The fourth-order valence-electron chi connectivity index (χ4n) is 2.98. The number of aromatic nitrogens is 1. The number of nitrogens with zero attached hydrogens (tertiary/aromatic N) is 3. The number of amidine groups is 1. The van der Waals surface area contributed by atoms with Crippen LogP contribution in [0, 0.1) is 6.92 Å². The molecule has 5 nitrogen and oxygen atoms in total. The van der Waals surface area contributed by atoms with Crippen molar-refractivity contribution in [3.8, 4) is 5.75 Å². The topological polar surface area (TPSA) is 54.8 Å². The lowest BCUT2D eigenvalue weighted by atomic mass is 10.1. The Hall–Kier alpha value is -3.09. The van der Waals surface area contributed by atoms with Crippen molar-refractivity contribution in [1.29, 1.82) is 0 Å². The zero-order valence-electron chi connectivity index (χ0n) is 17.1. The van der Waals surface area contributed by atoms with Crippen molar-refractivity contribution >= 4 is 46.3 Å². The molecule has 7 heteroatoms. The minimum atomic E-state index is -0.114. The molecule has 1 aromatic heterocycles. The van der Waals surface area contributed by atoms with Gasteiger partial charge in [0, 0.05) is 28.9 Å². The summed E-state index contributed by atoms with van der Waals surface area (Å²) in [7, 11) is 1.71. The van der Waals surface area contributed by atoms with Gasteiger partial charge in [0.25, 0.3) is 5.91 Å². The number of amides is 1. The maximum absolute atomic E-state index is 12.8. The third-order valence-electron chi connectivity index (χ3n) is 4.63. The van der Waals surface area contributed by atoms with Gasteiger partial charge in [0.15, 0.2) is 11.0 Å². The monoisotopic (exact) mass is 449 g/mol. The molecule has 0 aliphatic carbocycles. The lowest BCUT2D eigenvalue weighted by molar-refractivity contribution is -0.121. The molecule has 0 saturated carbocycles. The number of thioether (sulfide) groups is 1. The Morgan fingerprint density at radius 1 is 1.10 bits per heavy atom. The second kappa shape index (κ2) is 9.37. The van der Waals surface area contributed by atoms with E-state index >= 15 is 0 Å². The van der Waals surface area contributed by atoms with Crippen LogP contribution in [0.3, 0.4) is 0 Å². The number of aliphatic imine (C=N–C) groups is 1. The Labute approximate surface area is 190 Å². The van der Waals surface area contributed by atoms with Gasteiger partial charge in [0.05, 0.1) is 4.91 Å². The standard InChI is InChI=1S/C24H20ClN3O2S/c1-16-8-7-13-22(26-16)27-24-28(2)23(29)21(31-24)14-17-9-4-6-12-20(17)30-15-18-10-3-5-11-19(18)25/h3-14H,15H2,1-2H3/b21-14-,27-24+.